The van der Waals surface area contributed by atoms with Crippen molar-refractivity contribution >= 4 is 17.4 Å². The van der Waals surface area contributed by atoms with Gasteiger partial charge in [-0.25, -0.2) is 4.79 Å². The van der Waals surface area contributed by atoms with Gasteiger partial charge in [-0.2, -0.15) is 0 Å². The van der Waals surface area contributed by atoms with E-state index in [1.807, 2.05) is 0 Å². The van der Waals surface area contributed by atoms with Crippen LogP contribution in [0.4, 0.5) is 4.79 Å². The largest absolute Gasteiger partial charge is 0.393 e. The Balaban J connectivity index is 1.62. The van der Waals surface area contributed by atoms with Crippen LogP contribution < -0.4 is 10.6 Å². The second kappa shape index (κ2) is 7.64. The van der Waals surface area contributed by atoms with E-state index in [-0.39, 0.29) is 18.2 Å². The SMILES string of the molecule is C[C@H](CNC(=O)NC1CCC(O)CC1)Cc1cccs1. The number of aliphatic hydroxyl groups excluding tert-OH is 1. The number of amides is 2. The van der Waals surface area contributed by atoms with Crippen LogP contribution >= 0.6 is 11.3 Å². The van der Waals surface area contributed by atoms with Crippen molar-refractivity contribution in [1.82, 2.24) is 10.6 Å². The smallest absolute Gasteiger partial charge is 0.315 e. The molecule has 2 amide bonds. The summed E-state index contributed by atoms with van der Waals surface area (Å²) in [6, 6.07) is 4.33. The van der Waals surface area contributed by atoms with Crippen LogP contribution in [-0.2, 0) is 6.42 Å². The first-order valence-corrected chi connectivity index (χ1v) is 8.26. The molecule has 0 aliphatic heterocycles. The third-order valence-electron chi connectivity index (χ3n) is 3.77. The number of hydrogen-bond donors (Lipinski definition) is 3. The molecule has 1 aromatic heterocycles. The van der Waals surface area contributed by atoms with E-state index in [0.717, 1.165) is 32.1 Å². The Morgan fingerprint density at radius 2 is 2.20 bits per heavy atom. The van der Waals surface area contributed by atoms with E-state index < -0.39 is 0 Å². The van der Waals surface area contributed by atoms with Crippen molar-refractivity contribution in [3.8, 4) is 0 Å². The molecule has 1 aromatic rings. The number of urea groups is 1. The molecular formula is C15H24N2O2S. The first-order valence-electron chi connectivity index (χ1n) is 7.38. The highest BCUT2D eigenvalue weighted by Crippen LogP contribution is 2.18. The standard InChI is InChI=1S/C15H24N2O2S/c1-11(9-14-3-2-8-20-14)10-16-15(19)17-12-4-6-13(18)7-5-12/h2-3,8,11-13,18H,4-7,9-10H2,1H3,(H2,16,17,19)/t11-,12?,13?/m0/s1. The van der Waals surface area contributed by atoms with E-state index in [0.29, 0.717) is 12.5 Å². The van der Waals surface area contributed by atoms with Gasteiger partial charge < -0.3 is 15.7 Å². The minimum absolute atomic E-state index is 0.0792. The van der Waals surface area contributed by atoms with E-state index in [2.05, 4.69) is 35.1 Å². The number of aliphatic hydroxyl groups is 1. The maximum Gasteiger partial charge on any atom is 0.315 e. The maximum absolute atomic E-state index is 11.8. The van der Waals surface area contributed by atoms with Crippen molar-refractivity contribution < 1.29 is 9.90 Å². The zero-order valence-corrected chi connectivity index (χ0v) is 12.8. The molecule has 0 spiro atoms. The van der Waals surface area contributed by atoms with Crippen LogP contribution in [0.25, 0.3) is 0 Å². The zero-order chi connectivity index (χ0) is 14.4. The lowest BCUT2D eigenvalue weighted by atomic mass is 9.93. The monoisotopic (exact) mass is 296 g/mol. The number of thiophene rings is 1. The van der Waals surface area contributed by atoms with Crippen LogP contribution in [0, 0.1) is 5.92 Å². The lowest BCUT2D eigenvalue weighted by Gasteiger charge is -2.26. The van der Waals surface area contributed by atoms with E-state index in [9.17, 15) is 9.90 Å². The summed E-state index contributed by atoms with van der Waals surface area (Å²) in [7, 11) is 0. The van der Waals surface area contributed by atoms with Crippen molar-refractivity contribution in [3.05, 3.63) is 22.4 Å². The molecule has 1 saturated carbocycles. The van der Waals surface area contributed by atoms with E-state index in [1.165, 1.54) is 4.88 Å². The summed E-state index contributed by atoms with van der Waals surface area (Å²) in [5.74, 6) is 0.438. The first-order chi connectivity index (χ1) is 9.63. The molecule has 2 rings (SSSR count). The average Bonchev–Trinajstić information content (AvgIpc) is 2.92. The fraction of sp³-hybridized carbons (Fsp3) is 0.667. The highest BCUT2D eigenvalue weighted by molar-refractivity contribution is 7.09. The van der Waals surface area contributed by atoms with E-state index >= 15 is 0 Å². The van der Waals surface area contributed by atoms with E-state index in [1.54, 1.807) is 11.3 Å². The van der Waals surface area contributed by atoms with Crippen LogP contribution in [0.1, 0.15) is 37.5 Å². The van der Waals surface area contributed by atoms with Gasteiger partial charge in [-0.3, -0.25) is 0 Å². The van der Waals surface area contributed by atoms with Crippen LogP contribution in [0.2, 0.25) is 0 Å². The predicted molar refractivity (Wildman–Crippen MR) is 82.0 cm³/mol. The topological polar surface area (TPSA) is 61.4 Å². The molecule has 0 radical (unpaired) electrons. The molecule has 1 aliphatic carbocycles. The fourth-order valence-electron chi connectivity index (χ4n) is 2.57. The Hall–Kier alpha value is -1.07. The molecule has 3 N–H and O–H groups in total. The average molecular weight is 296 g/mol. The second-order valence-corrected chi connectivity index (χ2v) is 6.78. The summed E-state index contributed by atoms with van der Waals surface area (Å²) >= 11 is 1.76. The van der Waals surface area contributed by atoms with Crippen molar-refractivity contribution in [2.45, 2.75) is 51.2 Å². The quantitative estimate of drug-likeness (QED) is 0.782. The van der Waals surface area contributed by atoms with Gasteiger partial charge >= 0.3 is 6.03 Å². The molecule has 20 heavy (non-hydrogen) atoms. The molecule has 0 unspecified atom stereocenters. The fourth-order valence-corrected chi connectivity index (χ4v) is 3.44. The molecular weight excluding hydrogens is 272 g/mol. The molecule has 1 heterocycles. The van der Waals surface area contributed by atoms with E-state index in [4.69, 9.17) is 0 Å². The molecule has 1 aliphatic rings. The number of rotatable bonds is 5. The Kier molecular flexibility index (Phi) is 5.86. The van der Waals surface area contributed by atoms with Gasteiger partial charge in [0.2, 0.25) is 0 Å². The maximum atomic E-state index is 11.8. The molecule has 0 bridgehead atoms. The van der Waals surface area contributed by atoms with Crippen molar-refractivity contribution in [3.63, 3.8) is 0 Å². The van der Waals surface area contributed by atoms with Crippen LogP contribution in [0.15, 0.2) is 17.5 Å². The normalized spacial score (nSPS) is 24.1. The number of hydrogen-bond acceptors (Lipinski definition) is 3. The predicted octanol–water partition coefficient (Wildman–Crippen LogP) is 2.53. The Bertz CT molecular complexity index is 400. The zero-order valence-electron chi connectivity index (χ0n) is 12.0. The van der Waals surface area contributed by atoms with Gasteiger partial charge in [0.15, 0.2) is 0 Å². The lowest BCUT2D eigenvalue weighted by Crippen LogP contribution is -2.45. The first kappa shape index (κ1) is 15.3. The summed E-state index contributed by atoms with van der Waals surface area (Å²) in [4.78, 5) is 13.2. The summed E-state index contributed by atoms with van der Waals surface area (Å²) in [5.41, 5.74) is 0. The van der Waals surface area contributed by atoms with Crippen LogP contribution in [0.5, 0.6) is 0 Å². The minimum Gasteiger partial charge on any atom is -0.393 e. The summed E-state index contributed by atoms with van der Waals surface area (Å²) in [5, 5.41) is 17.5. The number of nitrogens with one attached hydrogen (secondary N) is 2. The van der Waals surface area contributed by atoms with Gasteiger partial charge in [-0.1, -0.05) is 13.0 Å². The summed E-state index contributed by atoms with van der Waals surface area (Å²) in [6.45, 7) is 2.84. The lowest BCUT2D eigenvalue weighted by molar-refractivity contribution is 0.117. The van der Waals surface area contributed by atoms with Gasteiger partial charge in [0.1, 0.15) is 0 Å². The van der Waals surface area contributed by atoms with Crippen molar-refractivity contribution in [1.29, 1.82) is 0 Å². The third-order valence-corrected chi connectivity index (χ3v) is 4.67. The number of carbonyl (C=O) groups is 1. The molecule has 4 nitrogen and oxygen atoms in total. The highest BCUT2D eigenvalue weighted by Gasteiger charge is 2.20. The third kappa shape index (κ3) is 5.13. The molecule has 1 atom stereocenters. The minimum atomic E-state index is -0.179. The number of carbonyl (C=O) groups excluding carboxylic acids is 1. The molecule has 112 valence electrons. The van der Waals surface area contributed by atoms with Gasteiger partial charge in [-0.15, -0.1) is 11.3 Å². The Morgan fingerprint density at radius 1 is 1.45 bits per heavy atom. The van der Waals surface area contributed by atoms with Gasteiger partial charge in [0.25, 0.3) is 0 Å². The molecule has 0 saturated heterocycles. The molecule has 1 fully saturated rings. The van der Waals surface area contributed by atoms with Crippen LogP contribution in [0.3, 0.4) is 0 Å². The molecule has 5 heteroatoms. The van der Waals surface area contributed by atoms with Crippen molar-refractivity contribution in [2.75, 3.05) is 6.54 Å². The Labute approximate surface area is 124 Å². The van der Waals surface area contributed by atoms with Crippen molar-refractivity contribution in [2.24, 2.45) is 5.92 Å². The van der Waals surface area contributed by atoms with Gasteiger partial charge in [-0.05, 0) is 49.5 Å². The highest BCUT2D eigenvalue weighted by atomic mass is 32.1. The van der Waals surface area contributed by atoms with Gasteiger partial charge in [0.05, 0.1) is 6.10 Å². The summed E-state index contributed by atoms with van der Waals surface area (Å²) in [6.07, 6.45) is 4.16. The molecule has 0 aromatic carbocycles. The van der Waals surface area contributed by atoms with Crippen LogP contribution in [-0.4, -0.2) is 29.8 Å². The Morgan fingerprint density at radius 3 is 2.85 bits per heavy atom. The van der Waals surface area contributed by atoms with Gasteiger partial charge in [0, 0.05) is 17.5 Å². The second-order valence-electron chi connectivity index (χ2n) is 5.75. The summed E-state index contributed by atoms with van der Waals surface area (Å²) < 4.78 is 0.